The van der Waals surface area contributed by atoms with Crippen molar-refractivity contribution in [2.75, 3.05) is 26.7 Å². The van der Waals surface area contributed by atoms with Crippen molar-refractivity contribution in [3.8, 4) is 0 Å². The normalized spacial score (nSPS) is 11.2. The SMILES string of the molecule is CP(C)c1[c]ccc(P(C)C)c1. The molecule has 0 heterocycles. The van der Waals surface area contributed by atoms with E-state index in [9.17, 15) is 0 Å². The molecule has 0 aliphatic heterocycles. The van der Waals surface area contributed by atoms with Crippen molar-refractivity contribution in [3.05, 3.63) is 24.3 Å². The first-order valence-corrected chi connectivity index (χ1v) is 8.45. The third-order valence-electron chi connectivity index (χ3n) is 1.77. The molecular weight excluding hydrogens is 182 g/mol. The molecule has 0 atom stereocenters. The van der Waals surface area contributed by atoms with Gasteiger partial charge in [0.05, 0.1) is 0 Å². The van der Waals surface area contributed by atoms with Crippen LogP contribution in [0.2, 0.25) is 0 Å². The molecule has 1 radical (unpaired) electrons. The maximum absolute atomic E-state index is 3.30. The number of hydrogen-bond donors (Lipinski definition) is 0. The first kappa shape index (κ1) is 10.2. The molecule has 0 aliphatic rings. The third kappa shape index (κ3) is 2.54. The van der Waals surface area contributed by atoms with Crippen LogP contribution in [-0.2, 0) is 0 Å². The van der Waals surface area contributed by atoms with Crippen LogP contribution in [0.5, 0.6) is 0 Å². The van der Waals surface area contributed by atoms with E-state index >= 15 is 0 Å². The molecule has 0 saturated heterocycles. The Labute approximate surface area is 77.9 Å². The zero-order valence-electron chi connectivity index (χ0n) is 8.13. The van der Waals surface area contributed by atoms with Crippen molar-refractivity contribution in [1.29, 1.82) is 0 Å². The zero-order chi connectivity index (χ0) is 9.14. The van der Waals surface area contributed by atoms with Crippen molar-refractivity contribution in [1.82, 2.24) is 0 Å². The summed E-state index contributed by atoms with van der Waals surface area (Å²) in [6.07, 6.45) is 0. The minimum atomic E-state index is 0.0183. The Morgan fingerprint density at radius 1 is 1.08 bits per heavy atom. The number of hydrogen-bond acceptors (Lipinski definition) is 0. The van der Waals surface area contributed by atoms with Crippen molar-refractivity contribution < 1.29 is 0 Å². The molecule has 0 nitrogen and oxygen atoms in total. The van der Waals surface area contributed by atoms with Crippen molar-refractivity contribution in [2.45, 2.75) is 0 Å². The van der Waals surface area contributed by atoms with E-state index in [2.05, 4.69) is 50.9 Å². The van der Waals surface area contributed by atoms with E-state index in [1.165, 1.54) is 10.6 Å². The van der Waals surface area contributed by atoms with Crippen LogP contribution in [-0.4, -0.2) is 26.7 Å². The largest absolute Gasteiger partial charge is 0.0817 e. The lowest BCUT2D eigenvalue weighted by atomic mass is 10.4. The number of benzene rings is 1. The van der Waals surface area contributed by atoms with Gasteiger partial charge in [0.1, 0.15) is 0 Å². The summed E-state index contributed by atoms with van der Waals surface area (Å²) in [5.74, 6) is 0. The third-order valence-corrected chi connectivity index (χ3v) is 4.30. The molecule has 0 amide bonds. The molecule has 1 rings (SSSR count). The van der Waals surface area contributed by atoms with Gasteiger partial charge in [-0.15, -0.1) is 0 Å². The summed E-state index contributed by atoms with van der Waals surface area (Å²) in [4.78, 5) is 0. The van der Waals surface area contributed by atoms with Crippen molar-refractivity contribution >= 4 is 26.5 Å². The fraction of sp³-hybridized carbons (Fsp3) is 0.400. The van der Waals surface area contributed by atoms with Gasteiger partial charge in [0, 0.05) is 0 Å². The molecule has 65 valence electrons. The molecule has 0 bridgehead atoms. The molecule has 0 saturated carbocycles. The molecule has 12 heavy (non-hydrogen) atoms. The highest BCUT2D eigenvalue weighted by Crippen LogP contribution is 2.26. The van der Waals surface area contributed by atoms with E-state index in [-0.39, 0.29) is 15.8 Å². The highest BCUT2D eigenvalue weighted by Gasteiger charge is 2.01. The predicted octanol–water partition coefficient (Wildman–Crippen LogP) is 2.22. The van der Waals surface area contributed by atoms with Crippen LogP contribution >= 0.6 is 15.8 Å². The summed E-state index contributed by atoms with van der Waals surface area (Å²) in [6.45, 7) is 9.14. The standard InChI is InChI=1S/C10H15P2/c1-11(2)9-6-5-7-10(8-9)12(3)4/h5-6,8H,1-4H3. The fourth-order valence-electron chi connectivity index (χ4n) is 0.979. The maximum Gasteiger partial charge on any atom is -0.0100 e. The molecule has 0 aliphatic carbocycles. The molecule has 0 N–H and O–H groups in total. The molecular formula is C10H15P2. The molecule has 1 aromatic rings. The van der Waals surface area contributed by atoms with Gasteiger partial charge in [0.15, 0.2) is 0 Å². The highest BCUT2D eigenvalue weighted by atomic mass is 31.1. The van der Waals surface area contributed by atoms with Gasteiger partial charge >= 0.3 is 0 Å². The van der Waals surface area contributed by atoms with Gasteiger partial charge in [-0.05, 0) is 49.4 Å². The quantitative estimate of drug-likeness (QED) is 0.638. The topological polar surface area (TPSA) is 0 Å². The van der Waals surface area contributed by atoms with E-state index in [1.807, 2.05) is 0 Å². The highest BCUT2D eigenvalue weighted by molar-refractivity contribution is 7.65. The van der Waals surface area contributed by atoms with Crippen molar-refractivity contribution in [2.24, 2.45) is 0 Å². The summed E-state index contributed by atoms with van der Waals surface area (Å²) < 4.78 is 0. The predicted molar refractivity (Wildman–Crippen MR) is 62.1 cm³/mol. The molecule has 1 aromatic carbocycles. The van der Waals surface area contributed by atoms with Gasteiger partial charge in [-0.25, -0.2) is 0 Å². The van der Waals surface area contributed by atoms with Crippen LogP contribution in [0.15, 0.2) is 18.2 Å². The second-order valence-electron chi connectivity index (χ2n) is 3.22. The Bertz CT molecular complexity index is 231. The lowest BCUT2D eigenvalue weighted by molar-refractivity contribution is 1.80. The molecule has 0 spiro atoms. The van der Waals surface area contributed by atoms with Crippen LogP contribution in [0.25, 0.3) is 0 Å². The minimum Gasteiger partial charge on any atom is -0.0817 e. The van der Waals surface area contributed by atoms with E-state index in [0.717, 1.165) is 0 Å². The second kappa shape index (κ2) is 4.35. The van der Waals surface area contributed by atoms with Gasteiger partial charge in [0.2, 0.25) is 0 Å². The summed E-state index contributed by atoms with van der Waals surface area (Å²) in [7, 11) is 0.0721. The van der Waals surface area contributed by atoms with Gasteiger partial charge in [-0.2, -0.15) is 0 Å². The average Bonchev–Trinajstić information content (AvgIpc) is 2.04. The molecule has 2 heteroatoms. The lowest BCUT2D eigenvalue weighted by Crippen LogP contribution is -2.08. The zero-order valence-corrected chi connectivity index (χ0v) is 9.92. The van der Waals surface area contributed by atoms with Gasteiger partial charge in [-0.1, -0.05) is 28.0 Å². The Hall–Kier alpha value is 0.0800. The van der Waals surface area contributed by atoms with Crippen LogP contribution in [0, 0.1) is 6.07 Å². The summed E-state index contributed by atoms with van der Waals surface area (Å²) in [5.41, 5.74) is 0. The summed E-state index contributed by atoms with van der Waals surface area (Å²) in [6, 6.07) is 9.87. The minimum absolute atomic E-state index is 0.0183. The van der Waals surface area contributed by atoms with Crippen LogP contribution in [0.3, 0.4) is 0 Å². The van der Waals surface area contributed by atoms with Crippen molar-refractivity contribution in [3.63, 3.8) is 0 Å². The Kier molecular flexibility index (Phi) is 3.69. The van der Waals surface area contributed by atoms with Gasteiger partial charge < -0.3 is 0 Å². The fourth-order valence-corrected chi connectivity index (χ4v) is 2.57. The van der Waals surface area contributed by atoms with Gasteiger partial charge in [0.25, 0.3) is 0 Å². The smallest absolute Gasteiger partial charge is 0.0100 e. The molecule has 0 aromatic heterocycles. The molecule has 0 fully saturated rings. The Morgan fingerprint density at radius 2 is 1.75 bits per heavy atom. The van der Waals surface area contributed by atoms with Gasteiger partial charge in [-0.3, -0.25) is 0 Å². The molecule has 0 unspecified atom stereocenters. The second-order valence-corrected chi connectivity index (χ2v) is 7.80. The number of rotatable bonds is 2. The van der Waals surface area contributed by atoms with E-state index in [0.29, 0.717) is 0 Å². The summed E-state index contributed by atoms with van der Waals surface area (Å²) in [5, 5.41) is 2.90. The van der Waals surface area contributed by atoms with Crippen LogP contribution < -0.4 is 10.6 Å². The first-order chi connectivity index (χ1) is 5.61. The Balaban J connectivity index is 2.96. The lowest BCUT2D eigenvalue weighted by Gasteiger charge is -2.10. The van der Waals surface area contributed by atoms with E-state index in [1.54, 1.807) is 0 Å². The average molecular weight is 197 g/mol. The van der Waals surface area contributed by atoms with Crippen LogP contribution in [0.1, 0.15) is 0 Å². The monoisotopic (exact) mass is 197 g/mol. The first-order valence-electron chi connectivity index (χ1n) is 3.97. The van der Waals surface area contributed by atoms with E-state index in [4.69, 9.17) is 0 Å². The van der Waals surface area contributed by atoms with E-state index < -0.39 is 0 Å². The van der Waals surface area contributed by atoms with Crippen LogP contribution in [0.4, 0.5) is 0 Å². The maximum atomic E-state index is 3.30. The Morgan fingerprint density at radius 3 is 2.25 bits per heavy atom. The summed E-state index contributed by atoms with van der Waals surface area (Å²) >= 11 is 0.